The molecule has 0 amide bonds. The summed E-state index contributed by atoms with van der Waals surface area (Å²) in [7, 11) is 0. The molecule has 0 bridgehead atoms. The van der Waals surface area contributed by atoms with E-state index in [9.17, 15) is 31.1 Å². The normalized spacial score (nSPS) is 17.9. The van der Waals surface area contributed by atoms with Gasteiger partial charge in [0.25, 0.3) is 0 Å². The molecule has 4 rings (SSSR count). The summed E-state index contributed by atoms with van der Waals surface area (Å²) in [4.78, 5) is 15.7. The van der Waals surface area contributed by atoms with Gasteiger partial charge in [-0.3, -0.25) is 14.3 Å². The minimum Gasteiger partial charge on any atom is -0.466 e. The third kappa shape index (κ3) is 4.82. The van der Waals surface area contributed by atoms with Gasteiger partial charge >= 0.3 is 18.3 Å². The zero-order chi connectivity index (χ0) is 25.5. The monoisotopic (exact) mass is 520 g/mol. The Labute approximate surface area is 198 Å². The van der Waals surface area contributed by atoms with E-state index >= 15 is 0 Å². The number of hydrogen-bond donors (Lipinski definition) is 0. The van der Waals surface area contributed by atoms with E-state index in [1.165, 1.54) is 31.2 Å². The maximum atomic E-state index is 13.8. The zero-order valence-corrected chi connectivity index (χ0v) is 18.4. The van der Waals surface area contributed by atoms with Crippen molar-refractivity contribution in [1.29, 1.82) is 0 Å². The predicted molar refractivity (Wildman–Crippen MR) is 108 cm³/mol. The van der Waals surface area contributed by atoms with Crippen LogP contribution in [0.4, 0.5) is 26.3 Å². The van der Waals surface area contributed by atoms with Crippen molar-refractivity contribution < 1.29 is 40.6 Å². The first-order valence-electron chi connectivity index (χ1n) is 10.1. The fraction of sp³-hybridized carbons (Fsp3) is 0.333. The second kappa shape index (κ2) is 9.11. The molecule has 2 atom stereocenters. The van der Waals surface area contributed by atoms with Gasteiger partial charge < -0.3 is 9.47 Å². The summed E-state index contributed by atoms with van der Waals surface area (Å²) in [6, 6.07) is 5.95. The lowest BCUT2D eigenvalue weighted by Crippen LogP contribution is -2.20. The van der Waals surface area contributed by atoms with Gasteiger partial charge in [-0.25, -0.2) is 0 Å². The largest absolute Gasteiger partial charge is 0.466 e. The fourth-order valence-electron chi connectivity index (χ4n) is 3.78. The highest BCUT2D eigenvalue weighted by Crippen LogP contribution is 2.46. The number of esters is 1. The fourth-order valence-corrected chi connectivity index (χ4v) is 3.96. The maximum absolute atomic E-state index is 13.8. The molecule has 1 aliphatic heterocycles. The van der Waals surface area contributed by atoms with Gasteiger partial charge in [-0.05, 0) is 31.2 Å². The number of pyridine rings is 1. The maximum Gasteiger partial charge on any atom is 0.452 e. The first-order chi connectivity index (χ1) is 16.4. The van der Waals surface area contributed by atoms with Crippen molar-refractivity contribution >= 4 is 17.6 Å². The second-order valence-corrected chi connectivity index (χ2v) is 7.81. The number of nitrogens with zero attached hydrogens (tertiary/aromatic N) is 4. The number of aromatic nitrogens is 4. The van der Waals surface area contributed by atoms with E-state index in [0.29, 0.717) is 4.57 Å². The Morgan fingerprint density at radius 3 is 2.51 bits per heavy atom. The van der Waals surface area contributed by atoms with Crippen LogP contribution in [0.3, 0.4) is 0 Å². The molecular weight excluding hydrogens is 506 g/mol. The summed E-state index contributed by atoms with van der Waals surface area (Å²) in [6.45, 7) is 1.48. The van der Waals surface area contributed by atoms with Crippen molar-refractivity contribution in [2.24, 2.45) is 0 Å². The van der Waals surface area contributed by atoms with Crippen molar-refractivity contribution in [1.82, 2.24) is 19.7 Å². The number of hydrogen-bond acceptors (Lipinski definition) is 6. The molecule has 0 saturated carbocycles. The highest BCUT2D eigenvalue weighted by molar-refractivity contribution is 6.30. The summed E-state index contributed by atoms with van der Waals surface area (Å²) in [5.41, 5.74) is -2.13. The van der Waals surface area contributed by atoms with Crippen LogP contribution in [0.2, 0.25) is 5.02 Å². The third-order valence-electron chi connectivity index (χ3n) is 5.09. The van der Waals surface area contributed by atoms with Crippen LogP contribution in [-0.2, 0) is 26.6 Å². The van der Waals surface area contributed by atoms with E-state index in [1.807, 2.05) is 0 Å². The van der Waals surface area contributed by atoms with Gasteiger partial charge in [-0.1, -0.05) is 17.7 Å². The van der Waals surface area contributed by atoms with Crippen LogP contribution < -0.4 is 0 Å². The van der Waals surface area contributed by atoms with Crippen LogP contribution in [0.15, 0.2) is 36.5 Å². The van der Waals surface area contributed by atoms with Gasteiger partial charge in [0, 0.05) is 22.3 Å². The molecule has 0 aliphatic carbocycles. The molecule has 1 aliphatic rings. The van der Waals surface area contributed by atoms with Crippen molar-refractivity contribution in [2.45, 2.75) is 37.9 Å². The minimum absolute atomic E-state index is 0.0295. The molecule has 35 heavy (non-hydrogen) atoms. The molecule has 7 nitrogen and oxygen atoms in total. The molecule has 1 aromatic carbocycles. The van der Waals surface area contributed by atoms with E-state index < -0.39 is 59.9 Å². The number of rotatable bonds is 4. The van der Waals surface area contributed by atoms with Gasteiger partial charge in [0.2, 0.25) is 5.82 Å². The lowest BCUT2D eigenvalue weighted by molar-refractivity contribution is -0.149. The number of carbonyl (C=O) groups excluding carboxylic acids is 1. The molecule has 0 saturated heterocycles. The van der Waals surface area contributed by atoms with Crippen molar-refractivity contribution in [3.8, 4) is 5.69 Å². The molecule has 14 heteroatoms. The average Bonchev–Trinajstić information content (AvgIpc) is 3.17. The topological polar surface area (TPSA) is 79.1 Å². The average molecular weight is 521 g/mol. The Kier molecular flexibility index (Phi) is 6.49. The molecule has 0 unspecified atom stereocenters. The molecule has 3 heterocycles. The van der Waals surface area contributed by atoms with Gasteiger partial charge in [-0.15, -0.1) is 10.2 Å². The van der Waals surface area contributed by atoms with Crippen molar-refractivity contribution in [3.63, 3.8) is 0 Å². The lowest BCUT2D eigenvalue weighted by Gasteiger charge is -2.24. The minimum atomic E-state index is -4.98. The molecular formula is C21H15ClF6N4O3. The molecule has 0 fully saturated rings. The van der Waals surface area contributed by atoms with Gasteiger partial charge in [0.15, 0.2) is 11.5 Å². The Morgan fingerprint density at radius 2 is 1.86 bits per heavy atom. The Morgan fingerprint density at radius 1 is 1.11 bits per heavy atom. The number of halogens is 7. The zero-order valence-electron chi connectivity index (χ0n) is 17.7. The van der Waals surface area contributed by atoms with E-state index in [4.69, 9.17) is 21.1 Å². The highest BCUT2D eigenvalue weighted by Gasteiger charge is 2.45. The number of ether oxygens (including phenoxy) is 2. The first kappa shape index (κ1) is 24.9. The van der Waals surface area contributed by atoms with Crippen LogP contribution in [0.25, 0.3) is 5.69 Å². The summed E-state index contributed by atoms with van der Waals surface area (Å²) in [6.07, 6.45) is -12.8. The predicted octanol–water partition coefficient (Wildman–Crippen LogP) is 5.47. The quantitative estimate of drug-likeness (QED) is 0.335. The van der Waals surface area contributed by atoms with Crippen LogP contribution >= 0.6 is 11.6 Å². The molecule has 0 N–H and O–H groups in total. The molecule has 0 spiro atoms. The summed E-state index contributed by atoms with van der Waals surface area (Å²) in [5.74, 6) is -2.74. The summed E-state index contributed by atoms with van der Waals surface area (Å²) in [5, 5.41) is 6.84. The first-order valence-corrected chi connectivity index (χ1v) is 10.4. The Bertz CT molecular complexity index is 1260. The van der Waals surface area contributed by atoms with E-state index in [2.05, 4.69) is 15.2 Å². The molecule has 2 aromatic heterocycles. The van der Waals surface area contributed by atoms with E-state index in [0.717, 1.165) is 12.3 Å². The third-order valence-corrected chi connectivity index (χ3v) is 5.33. The van der Waals surface area contributed by atoms with Crippen LogP contribution in [0.1, 0.15) is 54.0 Å². The molecule has 186 valence electrons. The molecule has 3 aromatic rings. The number of fused-ring (bicyclic) bond motifs is 3. The number of benzene rings is 1. The van der Waals surface area contributed by atoms with E-state index in [1.54, 1.807) is 0 Å². The van der Waals surface area contributed by atoms with E-state index in [-0.39, 0.29) is 22.9 Å². The Hall–Kier alpha value is -3.19. The smallest absolute Gasteiger partial charge is 0.452 e. The SMILES string of the molecule is CCOC(=O)C[C@H]1O[C@H](c2cccnc2C(F)(F)F)c2cc(Cl)ccc2-n2c1nnc2C(F)(F)F. The van der Waals surface area contributed by atoms with Crippen LogP contribution in [-0.4, -0.2) is 32.3 Å². The Balaban J connectivity index is 2.00. The van der Waals surface area contributed by atoms with Gasteiger partial charge in [0.1, 0.15) is 12.2 Å². The van der Waals surface area contributed by atoms with Crippen molar-refractivity contribution in [2.75, 3.05) is 6.61 Å². The number of carbonyl (C=O) groups is 1. The molecule has 0 radical (unpaired) electrons. The van der Waals surface area contributed by atoms with Gasteiger partial charge in [-0.2, -0.15) is 26.3 Å². The summed E-state index contributed by atoms with van der Waals surface area (Å²) < 4.78 is 94.2. The summed E-state index contributed by atoms with van der Waals surface area (Å²) >= 11 is 6.07. The standard InChI is InChI=1S/C21H15ClF6N4O3/c1-2-34-15(33)9-14-18-30-31-19(21(26,27)28)32(18)13-6-5-10(22)8-12(13)16(35-14)11-4-3-7-29-17(11)20(23,24)25/h3-8,14,16H,2,9H2,1H3/t14-,16-/m1/s1. The highest BCUT2D eigenvalue weighted by atomic mass is 35.5. The second-order valence-electron chi connectivity index (χ2n) is 7.37. The van der Waals surface area contributed by atoms with Crippen LogP contribution in [0, 0.1) is 0 Å². The lowest BCUT2D eigenvalue weighted by atomic mass is 9.97. The van der Waals surface area contributed by atoms with Crippen LogP contribution in [0.5, 0.6) is 0 Å². The van der Waals surface area contributed by atoms with Gasteiger partial charge in [0.05, 0.1) is 18.7 Å². The van der Waals surface area contributed by atoms with Crippen molar-refractivity contribution in [3.05, 3.63) is 70.0 Å². The number of alkyl halides is 6.